The van der Waals surface area contributed by atoms with Gasteiger partial charge in [0.2, 0.25) is 0 Å². The lowest BCUT2D eigenvalue weighted by Gasteiger charge is -2.10. The van der Waals surface area contributed by atoms with Gasteiger partial charge in [0, 0.05) is 12.1 Å². The highest BCUT2D eigenvalue weighted by Gasteiger charge is 2.15. The highest BCUT2D eigenvalue weighted by atomic mass is 35.5. The molecule has 2 rings (SSSR count). The Kier molecular flexibility index (Phi) is 5.89. The second-order valence-corrected chi connectivity index (χ2v) is 4.17. The molecule has 3 nitrogen and oxygen atoms in total. The van der Waals surface area contributed by atoms with Gasteiger partial charge in [0.05, 0.1) is 7.11 Å². The number of carbonyl (C=O) groups excluding carboxylic acids is 1. The lowest BCUT2D eigenvalue weighted by atomic mass is 10.0. The third-order valence-corrected chi connectivity index (χ3v) is 3.01. The van der Waals surface area contributed by atoms with E-state index in [9.17, 15) is 4.79 Å². The Morgan fingerprint density at radius 3 is 2.67 bits per heavy atom. The molecule has 98 valence electrons. The van der Waals surface area contributed by atoms with Crippen molar-refractivity contribution in [3.05, 3.63) is 41.5 Å². The van der Waals surface area contributed by atoms with Gasteiger partial charge in [-0.25, -0.2) is 4.79 Å². The van der Waals surface area contributed by atoms with Crippen molar-refractivity contribution >= 4 is 24.5 Å². The summed E-state index contributed by atoms with van der Waals surface area (Å²) in [5.41, 5.74) is 2.33. The fraction of sp³-hybridized carbons (Fsp3) is 0.357. The zero-order chi connectivity index (χ0) is 12.1. The monoisotopic (exact) mass is 267 g/mol. The average Bonchev–Trinajstić information content (AvgIpc) is 2.90. The number of methoxy groups -OCH3 is 1. The minimum absolute atomic E-state index is 0. The summed E-state index contributed by atoms with van der Waals surface area (Å²) in [4.78, 5) is 10.9. The molecule has 1 N–H and O–H groups in total. The average molecular weight is 268 g/mol. The van der Waals surface area contributed by atoms with Gasteiger partial charge in [0.1, 0.15) is 0 Å². The van der Waals surface area contributed by atoms with Gasteiger partial charge in [0.25, 0.3) is 0 Å². The summed E-state index contributed by atoms with van der Waals surface area (Å²) in [5.74, 6) is -0.327. The molecular formula is C14H18ClNO2. The van der Waals surface area contributed by atoms with Gasteiger partial charge < -0.3 is 10.1 Å². The summed E-state index contributed by atoms with van der Waals surface area (Å²) >= 11 is 0. The van der Waals surface area contributed by atoms with E-state index in [4.69, 9.17) is 0 Å². The van der Waals surface area contributed by atoms with E-state index in [1.54, 1.807) is 6.08 Å². The van der Waals surface area contributed by atoms with E-state index in [1.807, 2.05) is 12.1 Å². The van der Waals surface area contributed by atoms with Crippen LogP contribution in [0.3, 0.4) is 0 Å². The van der Waals surface area contributed by atoms with Gasteiger partial charge in [0.15, 0.2) is 0 Å². The highest BCUT2D eigenvalue weighted by Crippen LogP contribution is 2.23. The summed E-state index contributed by atoms with van der Waals surface area (Å²) in [7, 11) is 1.38. The Morgan fingerprint density at radius 2 is 2.11 bits per heavy atom. The predicted octanol–water partition coefficient (Wildman–Crippen LogP) is 2.72. The first-order chi connectivity index (χ1) is 8.29. The molecule has 1 aromatic rings. The van der Waals surface area contributed by atoms with Crippen LogP contribution in [-0.4, -0.2) is 19.6 Å². The number of esters is 1. The number of carbonyl (C=O) groups is 1. The van der Waals surface area contributed by atoms with Crippen LogP contribution in [0.1, 0.15) is 30.0 Å². The second-order valence-electron chi connectivity index (χ2n) is 4.17. The standard InChI is InChI=1S/C14H17NO2.ClH/c1-17-14(16)9-6-11-4-7-12(8-5-11)13-3-2-10-15-13;/h4-9,13,15H,2-3,10H2,1H3;1H/b9-6+;/t13-;/m0./s1. The summed E-state index contributed by atoms with van der Waals surface area (Å²) < 4.78 is 4.54. The van der Waals surface area contributed by atoms with Crippen molar-refractivity contribution in [2.24, 2.45) is 0 Å². The molecular weight excluding hydrogens is 250 g/mol. The fourth-order valence-corrected chi connectivity index (χ4v) is 2.04. The zero-order valence-electron chi connectivity index (χ0n) is 10.4. The van der Waals surface area contributed by atoms with Crippen LogP contribution in [0.5, 0.6) is 0 Å². The van der Waals surface area contributed by atoms with E-state index in [2.05, 4.69) is 22.2 Å². The van der Waals surface area contributed by atoms with Crippen LogP contribution >= 0.6 is 12.4 Å². The van der Waals surface area contributed by atoms with Gasteiger partial charge in [-0.2, -0.15) is 0 Å². The number of hydrogen-bond acceptors (Lipinski definition) is 3. The number of ether oxygens (including phenoxy) is 1. The normalized spacial score (nSPS) is 18.6. The van der Waals surface area contributed by atoms with Gasteiger partial charge >= 0.3 is 5.97 Å². The van der Waals surface area contributed by atoms with Crippen molar-refractivity contribution in [2.75, 3.05) is 13.7 Å². The van der Waals surface area contributed by atoms with E-state index >= 15 is 0 Å². The maximum absolute atomic E-state index is 10.9. The third-order valence-electron chi connectivity index (χ3n) is 3.01. The van der Waals surface area contributed by atoms with E-state index in [0.29, 0.717) is 6.04 Å². The lowest BCUT2D eigenvalue weighted by molar-refractivity contribution is -0.134. The Labute approximate surface area is 114 Å². The maximum atomic E-state index is 10.9. The Morgan fingerprint density at radius 1 is 1.39 bits per heavy atom. The van der Waals surface area contributed by atoms with Gasteiger partial charge in [-0.3, -0.25) is 0 Å². The topological polar surface area (TPSA) is 38.3 Å². The van der Waals surface area contributed by atoms with Crippen LogP contribution in [0.15, 0.2) is 30.3 Å². The van der Waals surface area contributed by atoms with Gasteiger partial charge in [-0.1, -0.05) is 24.3 Å². The third kappa shape index (κ3) is 3.86. The molecule has 1 aliphatic heterocycles. The molecule has 0 saturated carbocycles. The number of benzene rings is 1. The second kappa shape index (κ2) is 7.19. The van der Waals surface area contributed by atoms with Crippen LogP contribution in [0.2, 0.25) is 0 Å². The molecule has 1 saturated heterocycles. The van der Waals surface area contributed by atoms with E-state index in [0.717, 1.165) is 12.1 Å². The lowest BCUT2D eigenvalue weighted by Crippen LogP contribution is -2.12. The quantitative estimate of drug-likeness (QED) is 0.676. The van der Waals surface area contributed by atoms with Crippen LogP contribution in [0.4, 0.5) is 0 Å². The highest BCUT2D eigenvalue weighted by molar-refractivity contribution is 5.86. The first-order valence-corrected chi connectivity index (χ1v) is 5.89. The molecule has 0 aromatic heterocycles. The fourth-order valence-electron chi connectivity index (χ4n) is 2.04. The molecule has 0 amide bonds. The zero-order valence-corrected chi connectivity index (χ0v) is 11.2. The minimum Gasteiger partial charge on any atom is -0.466 e. The van der Waals surface area contributed by atoms with Gasteiger partial charge in [-0.15, -0.1) is 12.4 Å². The maximum Gasteiger partial charge on any atom is 0.330 e. The van der Waals surface area contributed by atoms with Crippen molar-refractivity contribution in [1.82, 2.24) is 5.32 Å². The minimum atomic E-state index is -0.327. The number of nitrogens with one attached hydrogen (secondary N) is 1. The largest absolute Gasteiger partial charge is 0.466 e. The molecule has 0 radical (unpaired) electrons. The molecule has 18 heavy (non-hydrogen) atoms. The molecule has 0 spiro atoms. The molecule has 1 aliphatic rings. The van der Waals surface area contributed by atoms with Crippen LogP contribution < -0.4 is 5.32 Å². The number of rotatable bonds is 3. The van der Waals surface area contributed by atoms with E-state index < -0.39 is 0 Å². The summed E-state index contributed by atoms with van der Waals surface area (Å²) in [6.45, 7) is 1.11. The van der Waals surface area contributed by atoms with Gasteiger partial charge in [-0.05, 0) is 36.6 Å². The Bertz CT molecular complexity index is 408. The van der Waals surface area contributed by atoms with Crippen molar-refractivity contribution in [3.63, 3.8) is 0 Å². The molecule has 0 aliphatic carbocycles. The molecule has 1 fully saturated rings. The molecule has 0 bridgehead atoms. The predicted molar refractivity (Wildman–Crippen MR) is 74.7 cm³/mol. The van der Waals surface area contributed by atoms with E-state index in [1.165, 1.54) is 31.6 Å². The number of halogens is 1. The smallest absolute Gasteiger partial charge is 0.330 e. The first kappa shape index (κ1) is 14.7. The molecule has 1 atom stereocenters. The molecule has 4 heteroatoms. The summed E-state index contributed by atoms with van der Waals surface area (Å²) in [6.07, 6.45) is 5.65. The first-order valence-electron chi connectivity index (χ1n) is 5.89. The number of hydrogen-bond donors (Lipinski definition) is 1. The van der Waals surface area contributed by atoms with E-state index in [-0.39, 0.29) is 18.4 Å². The SMILES string of the molecule is COC(=O)/C=C/c1ccc([C@@H]2CCCN2)cc1.Cl. The summed E-state index contributed by atoms with van der Waals surface area (Å²) in [5, 5.41) is 3.46. The molecule has 1 aromatic carbocycles. The Hall–Kier alpha value is -1.32. The van der Waals surface area contributed by atoms with Crippen LogP contribution in [0, 0.1) is 0 Å². The van der Waals surface area contributed by atoms with Crippen LogP contribution in [0.25, 0.3) is 6.08 Å². The Balaban J connectivity index is 0.00000162. The molecule has 1 heterocycles. The van der Waals surface area contributed by atoms with Crippen LogP contribution in [-0.2, 0) is 9.53 Å². The van der Waals surface area contributed by atoms with Crippen molar-refractivity contribution in [2.45, 2.75) is 18.9 Å². The molecule has 0 unspecified atom stereocenters. The van der Waals surface area contributed by atoms with Crippen molar-refractivity contribution in [3.8, 4) is 0 Å². The summed E-state index contributed by atoms with van der Waals surface area (Å²) in [6, 6.07) is 8.76. The van der Waals surface area contributed by atoms with Crippen molar-refractivity contribution in [1.29, 1.82) is 0 Å². The van der Waals surface area contributed by atoms with Crippen molar-refractivity contribution < 1.29 is 9.53 Å².